The van der Waals surface area contributed by atoms with Crippen LogP contribution >= 0.6 is 15.9 Å². The first-order valence-electron chi connectivity index (χ1n) is 6.97. The lowest BCUT2D eigenvalue weighted by Crippen LogP contribution is -2.52. The van der Waals surface area contributed by atoms with Crippen LogP contribution in [-0.4, -0.2) is 43.1 Å². The summed E-state index contributed by atoms with van der Waals surface area (Å²) in [5.41, 5.74) is 1.18. The largest absolute Gasteiger partial charge is 0.492 e. The Labute approximate surface area is 128 Å². The first-order chi connectivity index (χ1) is 9.58. The van der Waals surface area contributed by atoms with Gasteiger partial charge in [-0.25, -0.2) is 0 Å². The summed E-state index contributed by atoms with van der Waals surface area (Å²) < 4.78 is 6.61. The molecule has 0 aromatic heterocycles. The number of carbonyl (C=O) groups is 1. The molecule has 0 aliphatic carbocycles. The Morgan fingerprint density at radius 1 is 1.55 bits per heavy atom. The second-order valence-electron chi connectivity index (χ2n) is 5.17. The maximum Gasteiger partial charge on any atom is 0.226 e. The first-order valence-corrected chi connectivity index (χ1v) is 7.76. The number of rotatable bonds is 4. The average molecular weight is 341 g/mol. The Morgan fingerprint density at radius 2 is 2.35 bits per heavy atom. The molecule has 1 aromatic carbocycles. The summed E-state index contributed by atoms with van der Waals surface area (Å²) in [6, 6.07) is 6.20. The zero-order valence-corrected chi connectivity index (χ0v) is 13.6. The molecular weight excluding hydrogens is 320 g/mol. The maximum atomic E-state index is 12.1. The molecule has 1 fully saturated rings. The van der Waals surface area contributed by atoms with Gasteiger partial charge in [-0.1, -0.05) is 6.07 Å². The second-order valence-corrected chi connectivity index (χ2v) is 6.03. The molecule has 1 atom stereocenters. The molecule has 1 N–H and O–H groups in total. The summed E-state index contributed by atoms with van der Waals surface area (Å²) >= 11 is 3.47. The van der Waals surface area contributed by atoms with Crippen molar-refractivity contribution in [2.75, 3.05) is 26.2 Å². The molecule has 1 aliphatic rings. The highest BCUT2D eigenvalue weighted by molar-refractivity contribution is 9.10. The van der Waals surface area contributed by atoms with Crippen molar-refractivity contribution < 1.29 is 9.53 Å². The van der Waals surface area contributed by atoms with Gasteiger partial charge in [0.2, 0.25) is 5.91 Å². The Morgan fingerprint density at radius 3 is 3.05 bits per heavy atom. The molecule has 20 heavy (non-hydrogen) atoms. The topological polar surface area (TPSA) is 41.6 Å². The molecule has 4 nitrogen and oxygen atoms in total. The molecule has 1 amide bonds. The number of aryl methyl sites for hydroxylation is 1. The Balaban J connectivity index is 1.81. The van der Waals surface area contributed by atoms with Crippen LogP contribution in [0.15, 0.2) is 22.7 Å². The van der Waals surface area contributed by atoms with Crippen LogP contribution in [0.4, 0.5) is 0 Å². The van der Waals surface area contributed by atoms with E-state index in [4.69, 9.17) is 4.74 Å². The van der Waals surface area contributed by atoms with Crippen molar-refractivity contribution >= 4 is 21.8 Å². The molecule has 5 heteroatoms. The van der Waals surface area contributed by atoms with Crippen LogP contribution in [0.1, 0.15) is 18.9 Å². The van der Waals surface area contributed by atoms with Gasteiger partial charge in [0, 0.05) is 25.7 Å². The van der Waals surface area contributed by atoms with Gasteiger partial charge >= 0.3 is 0 Å². The number of hydrogen-bond donors (Lipinski definition) is 1. The highest BCUT2D eigenvalue weighted by Crippen LogP contribution is 2.25. The molecule has 110 valence electrons. The Hall–Kier alpha value is -1.07. The minimum absolute atomic E-state index is 0.169. The van der Waals surface area contributed by atoms with E-state index in [0.717, 1.165) is 29.9 Å². The fourth-order valence-electron chi connectivity index (χ4n) is 2.33. The fourth-order valence-corrected chi connectivity index (χ4v) is 2.93. The van der Waals surface area contributed by atoms with Gasteiger partial charge in [-0.2, -0.15) is 0 Å². The van der Waals surface area contributed by atoms with E-state index >= 15 is 0 Å². The van der Waals surface area contributed by atoms with Gasteiger partial charge in [0.15, 0.2) is 0 Å². The lowest BCUT2D eigenvalue weighted by atomic mass is 10.2. The highest BCUT2D eigenvalue weighted by Gasteiger charge is 2.22. The molecule has 0 radical (unpaired) electrons. The standard InChI is InChI=1S/C15H21BrN2O2/c1-11-3-4-14(13(16)9-11)20-8-5-15(19)18-7-6-17-10-12(18)2/h3-4,9,12,17H,5-8,10H2,1-2H3/t12-/m1/s1. The number of piperazine rings is 1. The van der Waals surface area contributed by atoms with Gasteiger partial charge in [0.05, 0.1) is 17.5 Å². The van der Waals surface area contributed by atoms with Crippen LogP contribution in [-0.2, 0) is 4.79 Å². The van der Waals surface area contributed by atoms with Crippen LogP contribution in [0, 0.1) is 6.92 Å². The monoisotopic (exact) mass is 340 g/mol. The van der Waals surface area contributed by atoms with E-state index in [9.17, 15) is 4.79 Å². The van der Waals surface area contributed by atoms with Crippen molar-refractivity contribution in [3.05, 3.63) is 28.2 Å². The van der Waals surface area contributed by atoms with Crippen LogP contribution in [0.2, 0.25) is 0 Å². The lowest BCUT2D eigenvalue weighted by molar-refractivity contribution is -0.134. The summed E-state index contributed by atoms with van der Waals surface area (Å²) in [6.07, 6.45) is 0.421. The van der Waals surface area contributed by atoms with E-state index in [-0.39, 0.29) is 11.9 Å². The number of hydrogen-bond acceptors (Lipinski definition) is 3. The summed E-state index contributed by atoms with van der Waals surface area (Å²) in [7, 11) is 0. The quantitative estimate of drug-likeness (QED) is 0.914. The number of nitrogens with one attached hydrogen (secondary N) is 1. The number of benzene rings is 1. The Bertz CT molecular complexity index is 479. The fraction of sp³-hybridized carbons (Fsp3) is 0.533. The molecule has 0 bridgehead atoms. The third kappa shape index (κ3) is 3.96. The number of halogens is 1. The number of nitrogens with zero attached hydrogens (tertiary/aromatic N) is 1. The van der Waals surface area contributed by atoms with Crippen molar-refractivity contribution in [1.82, 2.24) is 10.2 Å². The zero-order chi connectivity index (χ0) is 14.5. The molecule has 0 spiro atoms. The normalized spacial score (nSPS) is 18.9. The van der Waals surface area contributed by atoms with Crippen LogP contribution < -0.4 is 10.1 Å². The van der Waals surface area contributed by atoms with Gasteiger partial charge in [-0.05, 0) is 47.5 Å². The van der Waals surface area contributed by atoms with E-state index in [2.05, 4.69) is 28.2 Å². The molecule has 1 heterocycles. The van der Waals surface area contributed by atoms with Crippen molar-refractivity contribution in [1.29, 1.82) is 0 Å². The zero-order valence-electron chi connectivity index (χ0n) is 12.0. The maximum absolute atomic E-state index is 12.1. The van der Waals surface area contributed by atoms with Crippen LogP contribution in [0.25, 0.3) is 0 Å². The van der Waals surface area contributed by atoms with Gasteiger partial charge in [-0.15, -0.1) is 0 Å². The van der Waals surface area contributed by atoms with E-state index < -0.39 is 0 Å². The summed E-state index contributed by atoms with van der Waals surface area (Å²) in [6.45, 7) is 7.05. The highest BCUT2D eigenvalue weighted by atomic mass is 79.9. The predicted octanol–water partition coefficient (Wildman–Crippen LogP) is 2.35. The molecular formula is C15H21BrN2O2. The third-order valence-electron chi connectivity index (χ3n) is 3.48. The summed E-state index contributed by atoms with van der Waals surface area (Å²) in [5.74, 6) is 0.957. The van der Waals surface area contributed by atoms with Crippen molar-refractivity contribution in [2.24, 2.45) is 0 Å². The first kappa shape index (κ1) is 15.3. The SMILES string of the molecule is Cc1ccc(OCCC(=O)N2CCNC[C@H]2C)c(Br)c1. The second kappa shape index (κ2) is 7.09. The lowest BCUT2D eigenvalue weighted by Gasteiger charge is -2.34. The number of amides is 1. The molecule has 1 aliphatic heterocycles. The van der Waals surface area contributed by atoms with E-state index in [1.807, 2.05) is 30.0 Å². The summed E-state index contributed by atoms with van der Waals surface area (Å²) in [4.78, 5) is 14.1. The molecule has 1 aromatic rings. The molecule has 0 saturated carbocycles. The minimum Gasteiger partial charge on any atom is -0.492 e. The minimum atomic E-state index is 0.169. The van der Waals surface area contributed by atoms with Gasteiger partial charge in [0.25, 0.3) is 0 Å². The van der Waals surface area contributed by atoms with Crippen LogP contribution in [0.3, 0.4) is 0 Å². The van der Waals surface area contributed by atoms with Crippen molar-refractivity contribution in [2.45, 2.75) is 26.3 Å². The van der Waals surface area contributed by atoms with Crippen LogP contribution in [0.5, 0.6) is 5.75 Å². The third-order valence-corrected chi connectivity index (χ3v) is 4.10. The van der Waals surface area contributed by atoms with Crippen molar-refractivity contribution in [3.8, 4) is 5.75 Å². The van der Waals surface area contributed by atoms with E-state index in [1.165, 1.54) is 5.56 Å². The van der Waals surface area contributed by atoms with E-state index in [0.29, 0.717) is 13.0 Å². The smallest absolute Gasteiger partial charge is 0.226 e. The number of ether oxygens (including phenoxy) is 1. The molecule has 2 rings (SSSR count). The van der Waals surface area contributed by atoms with Gasteiger partial charge in [-0.3, -0.25) is 4.79 Å². The molecule has 0 unspecified atom stereocenters. The average Bonchev–Trinajstić information content (AvgIpc) is 2.41. The summed E-state index contributed by atoms with van der Waals surface area (Å²) in [5, 5.41) is 3.28. The van der Waals surface area contributed by atoms with Gasteiger partial charge in [0.1, 0.15) is 5.75 Å². The van der Waals surface area contributed by atoms with E-state index in [1.54, 1.807) is 0 Å². The Kier molecular flexibility index (Phi) is 5.43. The van der Waals surface area contributed by atoms with Crippen molar-refractivity contribution in [3.63, 3.8) is 0 Å². The number of carbonyl (C=O) groups excluding carboxylic acids is 1. The molecule has 1 saturated heterocycles. The predicted molar refractivity (Wildman–Crippen MR) is 83.0 cm³/mol. The van der Waals surface area contributed by atoms with Gasteiger partial charge < -0.3 is 15.0 Å².